The van der Waals surface area contributed by atoms with Crippen LogP contribution < -0.4 is 16.2 Å². The molecule has 39 heavy (non-hydrogen) atoms. The van der Waals surface area contributed by atoms with Crippen molar-refractivity contribution in [2.24, 2.45) is 0 Å². The van der Waals surface area contributed by atoms with Crippen molar-refractivity contribution >= 4 is 36.7 Å². The largest absolute Gasteiger partial charge is 0.475 e. The van der Waals surface area contributed by atoms with Crippen LogP contribution in [0.2, 0.25) is 0 Å². The summed E-state index contributed by atoms with van der Waals surface area (Å²) >= 11 is 0. The lowest BCUT2D eigenvalue weighted by Gasteiger charge is -2.24. The minimum atomic E-state index is -4.22. The normalized spacial score (nSPS) is 28.8. The van der Waals surface area contributed by atoms with E-state index < -0.39 is 44.5 Å². The van der Waals surface area contributed by atoms with Crippen molar-refractivity contribution < 1.29 is 41.9 Å². The Balaban J connectivity index is 1.32. The van der Waals surface area contributed by atoms with Gasteiger partial charge in [0.2, 0.25) is 5.95 Å². The number of hydrogen-bond donors (Lipinski definition) is 3. The van der Waals surface area contributed by atoms with E-state index in [1.807, 2.05) is 0 Å². The van der Waals surface area contributed by atoms with Gasteiger partial charge in [-0.3, -0.25) is 27.9 Å². The number of aryl methyl sites for hydroxylation is 1. The van der Waals surface area contributed by atoms with Crippen LogP contribution in [0.4, 0.5) is 16.2 Å². The number of esters is 1. The van der Waals surface area contributed by atoms with Crippen LogP contribution in [0, 0.1) is 6.92 Å². The van der Waals surface area contributed by atoms with Gasteiger partial charge in [-0.15, -0.1) is 0 Å². The van der Waals surface area contributed by atoms with Crippen LogP contribution in [-0.4, -0.2) is 60.1 Å². The van der Waals surface area contributed by atoms with Gasteiger partial charge in [0, 0.05) is 23.7 Å². The number of carbonyl (C=O) groups is 1. The van der Waals surface area contributed by atoms with Gasteiger partial charge in [0.25, 0.3) is 0 Å². The van der Waals surface area contributed by atoms with Crippen molar-refractivity contribution in [2.45, 2.75) is 64.5 Å². The Morgan fingerprint density at radius 3 is 2.79 bits per heavy atom. The number of nitrogens with two attached hydrogens (primary N) is 2. The van der Waals surface area contributed by atoms with Crippen LogP contribution in [0.25, 0.3) is 11.2 Å². The second-order valence-electron chi connectivity index (χ2n) is 9.21. The molecule has 3 aromatic heterocycles. The first-order valence-corrected chi connectivity index (χ1v) is 13.4. The third-order valence-electron chi connectivity index (χ3n) is 6.49. The molecule has 0 spiro atoms. The Morgan fingerprint density at radius 2 is 2.05 bits per heavy atom. The van der Waals surface area contributed by atoms with Gasteiger partial charge in [-0.2, -0.15) is 9.97 Å². The zero-order valence-electron chi connectivity index (χ0n) is 21.2. The van der Waals surface area contributed by atoms with Gasteiger partial charge < -0.3 is 26.0 Å². The monoisotopic (exact) mass is 567 g/mol. The van der Waals surface area contributed by atoms with E-state index in [0.717, 1.165) is 6.92 Å². The average Bonchev–Trinajstić information content (AvgIpc) is 3.33. The van der Waals surface area contributed by atoms with E-state index in [-0.39, 0.29) is 48.3 Å². The van der Waals surface area contributed by atoms with Crippen molar-refractivity contribution in [3.8, 4) is 5.75 Å². The lowest BCUT2D eigenvalue weighted by molar-refractivity contribution is -0.134. The standard InChI is InChI=1S/C22H27FN7O8P/c1-4-14(31)38-16-10(2)26-5-11-6-34-39(33,35-7-12(11)16)36-8-13-17(32)22(3,23)20(37-13)30-9-27-15-18(24)28-21(25)29-19(15)30/h5,9,13,17,20,32H,4,6-8H2,1-3H3,(H4,24,25,28,29)/t13-,17+,20-,22+,39?/m1/s1. The number of aliphatic hydroxyl groups excluding tert-OH is 1. The molecule has 0 saturated carbocycles. The fraction of sp³-hybridized carbons (Fsp3) is 0.500. The first-order chi connectivity index (χ1) is 18.4. The summed E-state index contributed by atoms with van der Waals surface area (Å²) in [4.78, 5) is 28.1. The fourth-order valence-electron chi connectivity index (χ4n) is 4.33. The molecule has 2 aliphatic heterocycles. The summed E-state index contributed by atoms with van der Waals surface area (Å²) in [6.07, 6.45) is -1.53. The summed E-state index contributed by atoms with van der Waals surface area (Å²) in [5.74, 6) is -0.438. The van der Waals surface area contributed by atoms with Gasteiger partial charge in [0.05, 0.1) is 31.8 Å². The third-order valence-corrected chi connectivity index (χ3v) is 7.84. The summed E-state index contributed by atoms with van der Waals surface area (Å²) < 4.78 is 57.8. The first kappa shape index (κ1) is 27.3. The Kier molecular flexibility index (Phi) is 7.03. The molecule has 5 atom stereocenters. The van der Waals surface area contributed by atoms with Crippen LogP contribution in [0.5, 0.6) is 5.75 Å². The Bertz CT molecular complexity index is 1480. The predicted molar refractivity (Wildman–Crippen MR) is 132 cm³/mol. The number of phosphoric ester groups is 1. The molecule has 0 aliphatic carbocycles. The van der Waals surface area contributed by atoms with E-state index in [4.69, 9.17) is 34.5 Å². The molecule has 0 aromatic carbocycles. The molecule has 5 rings (SSSR count). The SMILES string of the molecule is CCC(=O)Oc1c(C)ncc2c1COP(=O)(OC[C@H]1O[C@@H](n3cnc4c(N)nc(N)nc43)[C@@](C)(F)[C@H]1O)OC2. The molecule has 5 heterocycles. The number of hydrogen-bond acceptors (Lipinski definition) is 14. The first-order valence-electron chi connectivity index (χ1n) is 11.9. The Morgan fingerprint density at radius 1 is 1.31 bits per heavy atom. The highest BCUT2D eigenvalue weighted by atomic mass is 31.2. The second kappa shape index (κ2) is 10.0. The van der Waals surface area contributed by atoms with Crippen molar-refractivity contribution in [1.82, 2.24) is 24.5 Å². The van der Waals surface area contributed by atoms with Crippen LogP contribution in [0.3, 0.4) is 0 Å². The number of carbonyl (C=O) groups excluding carboxylic acids is 1. The molecular weight excluding hydrogens is 540 g/mol. The number of ether oxygens (including phenoxy) is 2. The number of aliphatic hydroxyl groups is 1. The highest BCUT2D eigenvalue weighted by Crippen LogP contribution is 2.54. The minimum Gasteiger partial charge on any atom is -0.424 e. The summed E-state index contributed by atoms with van der Waals surface area (Å²) in [5, 5.41) is 10.7. The van der Waals surface area contributed by atoms with Crippen molar-refractivity contribution in [3.05, 3.63) is 29.3 Å². The average molecular weight is 567 g/mol. The van der Waals surface area contributed by atoms with E-state index in [1.165, 1.54) is 17.1 Å². The molecule has 210 valence electrons. The van der Waals surface area contributed by atoms with Crippen molar-refractivity contribution in [2.75, 3.05) is 18.1 Å². The number of alkyl halides is 1. The number of fused-ring (bicyclic) bond motifs is 2. The second-order valence-corrected chi connectivity index (χ2v) is 10.9. The van der Waals surface area contributed by atoms with Gasteiger partial charge in [0.15, 0.2) is 29.1 Å². The number of pyridine rings is 1. The van der Waals surface area contributed by atoms with Crippen molar-refractivity contribution in [1.29, 1.82) is 0 Å². The van der Waals surface area contributed by atoms with Crippen molar-refractivity contribution in [3.63, 3.8) is 0 Å². The molecule has 1 fully saturated rings. The lowest BCUT2D eigenvalue weighted by atomic mass is 9.98. The van der Waals surface area contributed by atoms with Crippen LogP contribution in [0.15, 0.2) is 12.5 Å². The van der Waals surface area contributed by atoms with Crippen LogP contribution in [0.1, 0.15) is 43.3 Å². The number of nitrogens with zero attached hydrogens (tertiary/aromatic N) is 5. The number of halogens is 1. The number of imidazole rings is 1. The highest BCUT2D eigenvalue weighted by molar-refractivity contribution is 7.48. The molecule has 0 bridgehead atoms. The number of nitrogen functional groups attached to an aromatic ring is 2. The quantitative estimate of drug-likeness (QED) is 0.287. The molecule has 15 nitrogen and oxygen atoms in total. The highest BCUT2D eigenvalue weighted by Gasteiger charge is 2.56. The third kappa shape index (κ3) is 4.95. The van der Waals surface area contributed by atoms with E-state index in [1.54, 1.807) is 13.8 Å². The lowest BCUT2D eigenvalue weighted by Crippen LogP contribution is -2.40. The zero-order valence-corrected chi connectivity index (χ0v) is 22.1. The molecule has 1 saturated heterocycles. The Labute approximate surface area is 221 Å². The van der Waals surface area contributed by atoms with E-state index >= 15 is 4.39 Å². The van der Waals surface area contributed by atoms with E-state index in [2.05, 4.69) is 19.9 Å². The Hall–Kier alpha value is -3.27. The van der Waals surface area contributed by atoms with Gasteiger partial charge >= 0.3 is 13.8 Å². The molecule has 17 heteroatoms. The van der Waals surface area contributed by atoms with Crippen LogP contribution in [-0.2, 0) is 40.9 Å². The number of rotatable bonds is 6. The molecule has 1 unspecified atom stereocenters. The maximum atomic E-state index is 15.8. The number of anilines is 2. The maximum Gasteiger partial charge on any atom is 0.475 e. The zero-order chi connectivity index (χ0) is 28.1. The smallest absolute Gasteiger partial charge is 0.424 e. The summed E-state index contributed by atoms with van der Waals surface area (Å²) in [6.45, 7) is 3.39. The maximum absolute atomic E-state index is 15.8. The number of phosphoric acid groups is 1. The predicted octanol–water partition coefficient (Wildman–Crippen LogP) is 1.87. The topological polar surface area (TPSA) is 209 Å². The molecule has 3 aromatic rings. The van der Waals surface area contributed by atoms with Gasteiger partial charge in [0.1, 0.15) is 17.7 Å². The summed E-state index contributed by atoms with van der Waals surface area (Å²) in [5.41, 5.74) is 10.8. The van der Waals surface area contributed by atoms with E-state index in [0.29, 0.717) is 16.8 Å². The molecular formula is C22H27FN7O8P. The summed E-state index contributed by atoms with van der Waals surface area (Å²) in [7, 11) is -4.22. The minimum absolute atomic E-state index is 0.00462. The molecule has 0 amide bonds. The van der Waals surface area contributed by atoms with Gasteiger partial charge in [-0.25, -0.2) is 13.9 Å². The summed E-state index contributed by atoms with van der Waals surface area (Å²) in [6, 6.07) is 0. The van der Waals surface area contributed by atoms with E-state index in [9.17, 15) is 14.5 Å². The molecule has 5 N–H and O–H groups in total. The molecule has 0 radical (unpaired) electrons. The van der Waals surface area contributed by atoms with Crippen LogP contribution >= 0.6 is 7.82 Å². The number of aromatic nitrogens is 5. The molecule has 2 aliphatic rings. The van der Waals surface area contributed by atoms with Gasteiger partial charge in [-0.1, -0.05) is 6.92 Å². The fourth-order valence-corrected chi connectivity index (χ4v) is 5.46. The van der Waals surface area contributed by atoms with Gasteiger partial charge in [-0.05, 0) is 13.8 Å².